The lowest BCUT2D eigenvalue weighted by atomic mass is 9.75. The Morgan fingerprint density at radius 3 is 1.77 bits per heavy atom. The van der Waals surface area contributed by atoms with Crippen molar-refractivity contribution in [1.29, 1.82) is 0 Å². The van der Waals surface area contributed by atoms with E-state index in [-0.39, 0.29) is 5.41 Å². The van der Waals surface area contributed by atoms with Gasteiger partial charge in [-0.1, -0.05) is 122 Å². The van der Waals surface area contributed by atoms with Crippen molar-refractivity contribution in [2.45, 2.75) is 134 Å². The highest BCUT2D eigenvalue weighted by molar-refractivity contribution is 8.04. The molecule has 0 amide bonds. The Balaban J connectivity index is 0.000000177. The zero-order chi connectivity index (χ0) is 54.8. The molecular formula is C66H74N4O2S6+2. The first-order valence-corrected chi connectivity index (χ1v) is 33.8. The Morgan fingerprint density at radius 2 is 1.18 bits per heavy atom. The van der Waals surface area contributed by atoms with Gasteiger partial charge < -0.3 is 9.80 Å². The van der Waals surface area contributed by atoms with Crippen molar-refractivity contribution in [3.63, 3.8) is 0 Å². The fraction of sp³-hybridized carbons (Fsp3) is 0.333. The number of anilines is 2. The number of fused-ring (bicyclic) bond motifs is 4. The molecule has 0 saturated carbocycles. The van der Waals surface area contributed by atoms with Crippen LogP contribution in [0.15, 0.2) is 179 Å². The number of hydrogen-bond donors (Lipinski definition) is 0. The number of nitrogens with zero attached hydrogens (tertiary/aromatic N) is 4. The van der Waals surface area contributed by atoms with Crippen LogP contribution in [0.4, 0.5) is 11.4 Å². The van der Waals surface area contributed by atoms with Gasteiger partial charge in [-0.25, -0.2) is 0 Å². The van der Waals surface area contributed by atoms with Gasteiger partial charge in [-0.2, -0.15) is 9.13 Å². The van der Waals surface area contributed by atoms with E-state index in [1.807, 2.05) is 72.2 Å². The van der Waals surface area contributed by atoms with Crippen LogP contribution in [0.25, 0.3) is 43.7 Å². The zero-order valence-corrected chi connectivity index (χ0v) is 51.9. The number of rotatable bonds is 13. The van der Waals surface area contributed by atoms with Gasteiger partial charge in [-0.05, 0) is 184 Å². The summed E-state index contributed by atoms with van der Waals surface area (Å²) in [7, 11) is -1.86. The number of thioether (sulfide) groups is 2. The highest BCUT2D eigenvalue weighted by Gasteiger charge is 2.31. The van der Waals surface area contributed by atoms with Crippen LogP contribution >= 0.6 is 46.2 Å². The monoisotopic (exact) mass is 1150 g/mol. The maximum absolute atomic E-state index is 12.4. The topological polar surface area (TPSA) is 48.4 Å². The molecule has 2 atom stereocenters. The Bertz CT molecular complexity index is 3680. The van der Waals surface area contributed by atoms with E-state index in [2.05, 4.69) is 196 Å². The molecule has 2 unspecified atom stereocenters. The summed E-state index contributed by atoms with van der Waals surface area (Å²) >= 11 is 7.41. The van der Waals surface area contributed by atoms with Gasteiger partial charge in [-0.3, -0.25) is 8.42 Å². The lowest BCUT2D eigenvalue weighted by Crippen LogP contribution is -2.33. The molecule has 11 rings (SSSR count). The predicted molar refractivity (Wildman–Crippen MR) is 340 cm³/mol. The third kappa shape index (κ3) is 11.9. The second-order valence-corrected chi connectivity index (χ2v) is 28.9. The third-order valence-electron chi connectivity index (χ3n) is 15.2. The van der Waals surface area contributed by atoms with Crippen molar-refractivity contribution in [3.05, 3.63) is 175 Å². The Hall–Kier alpha value is -5.08. The Labute approximate surface area is 485 Å². The van der Waals surface area contributed by atoms with E-state index in [1.54, 1.807) is 0 Å². The van der Waals surface area contributed by atoms with Crippen molar-refractivity contribution in [2.24, 2.45) is 5.41 Å². The van der Waals surface area contributed by atoms with E-state index in [4.69, 9.17) is 0 Å². The quantitative estimate of drug-likeness (QED) is 0.107. The van der Waals surface area contributed by atoms with E-state index < -0.39 is 21.6 Å². The van der Waals surface area contributed by atoms with Crippen molar-refractivity contribution >= 4 is 112 Å². The molecule has 4 heterocycles. The largest absolute Gasteiger partial charge is 0.335 e. The van der Waals surface area contributed by atoms with E-state index in [0.717, 1.165) is 61.7 Å². The summed E-state index contributed by atoms with van der Waals surface area (Å²) in [6.45, 7) is 25.9. The van der Waals surface area contributed by atoms with Crippen molar-refractivity contribution in [3.8, 4) is 11.1 Å². The smallest absolute Gasteiger partial charge is 0.263 e. The summed E-state index contributed by atoms with van der Waals surface area (Å²) in [6, 6.07) is 36.9. The highest BCUT2D eigenvalue weighted by atomic mass is 32.2. The second kappa shape index (κ2) is 24.3. The minimum atomic E-state index is -0.933. The number of thiazole rings is 2. The SMILES string of the molecule is CCN1C(=CC2=C(C)C(=Cc3sc4cc(S(=O)CC)ccc4[n+]3CC)CCC2)Sc2ccc(-c3ccccc3)cc21.CCN1C(=CC2=CC(=Cc3sc4cc(S(=O)CC)ccc4[n+]3CC)CC(C)(C)C2)Sc2ccc(C)cc21. The second-order valence-electron chi connectivity index (χ2n) is 21.2. The van der Waals surface area contributed by atoms with E-state index in [0.29, 0.717) is 11.5 Å². The molecule has 6 nitrogen and oxygen atoms in total. The molecular weight excluding hydrogens is 1070 g/mol. The summed E-state index contributed by atoms with van der Waals surface area (Å²) in [5, 5.41) is 5.19. The molecule has 0 bridgehead atoms. The van der Waals surface area contributed by atoms with Crippen LogP contribution in [0, 0.1) is 12.3 Å². The van der Waals surface area contributed by atoms with Gasteiger partial charge in [0.2, 0.25) is 11.0 Å². The van der Waals surface area contributed by atoms with Gasteiger partial charge >= 0.3 is 0 Å². The van der Waals surface area contributed by atoms with Gasteiger partial charge in [0.05, 0.1) is 43.0 Å². The average molecular weight is 1150 g/mol. The summed E-state index contributed by atoms with van der Waals surface area (Å²) in [6.07, 6.45) is 17.6. The molecule has 0 fully saturated rings. The molecule has 7 aromatic rings. The standard InChI is InChI=1S/C35H37N2OS3.C31H37N2OS3/c1-5-36-30-18-17-29(41(38)7-3)23-33(30)40-34(36)21-26-14-11-15-27(24(26)4)22-35-37(6-2)31-20-28(16-19-32(31)39-35)25-12-9-8-10-13-25;1-7-32-25-12-11-24(37(34)9-3)18-28(25)36-29(32)16-22-15-23(20-31(5,6)19-22)17-30-33(8-2)26-14-21(4)10-13-27(26)35-30/h8-10,12-13,16-23H,5-7,11,14-15H2,1-4H3;10-18H,7-9,19-20H2,1-6H3/q2*+1. The van der Waals surface area contributed by atoms with Gasteiger partial charge in [-0.15, -0.1) is 0 Å². The number of aromatic nitrogens is 2. The zero-order valence-electron chi connectivity index (χ0n) is 47.0. The molecule has 0 N–H and O–H groups in total. The molecule has 5 aromatic carbocycles. The van der Waals surface area contributed by atoms with Gasteiger partial charge in [0.25, 0.3) is 10.0 Å². The van der Waals surface area contributed by atoms with Crippen LogP contribution in [-0.2, 0) is 34.7 Å². The molecule has 0 radical (unpaired) electrons. The Morgan fingerprint density at radius 1 is 0.603 bits per heavy atom. The van der Waals surface area contributed by atoms with Crippen LogP contribution in [0.1, 0.15) is 110 Å². The van der Waals surface area contributed by atoms with Crippen molar-refractivity contribution in [2.75, 3.05) is 34.4 Å². The molecule has 12 heteroatoms. The van der Waals surface area contributed by atoms with Gasteiger partial charge in [0.1, 0.15) is 22.5 Å². The third-order valence-corrected chi connectivity index (χ3v) is 22.3. The molecule has 2 aliphatic heterocycles. The number of allylic oxidation sites excluding steroid dienone is 8. The molecule has 4 aliphatic rings. The lowest BCUT2D eigenvalue weighted by molar-refractivity contribution is -0.665. The molecule has 2 aromatic heterocycles. The average Bonchev–Trinajstić information content (AvgIpc) is 4.19. The number of hydrogen-bond acceptors (Lipinski definition) is 8. The molecule has 0 spiro atoms. The predicted octanol–water partition coefficient (Wildman–Crippen LogP) is 17.6. The van der Waals surface area contributed by atoms with E-state index in [9.17, 15) is 8.42 Å². The van der Waals surface area contributed by atoms with Crippen molar-refractivity contribution < 1.29 is 17.6 Å². The maximum Gasteiger partial charge on any atom is 0.263 e. The molecule has 78 heavy (non-hydrogen) atoms. The minimum Gasteiger partial charge on any atom is -0.335 e. The first-order valence-electron chi connectivity index (χ1n) is 27.9. The molecule has 2 aliphatic carbocycles. The minimum absolute atomic E-state index is 0.204. The summed E-state index contributed by atoms with van der Waals surface area (Å²) in [5.74, 6) is 1.30. The highest BCUT2D eigenvalue weighted by Crippen LogP contribution is 2.50. The number of aryl methyl sites for hydroxylation is 3. The van der Waals surface area contributed by atoms with Crippen molar-refractivity contribution in [1.82, 2.24) is 0 Å². The molecule has 0 saturated heterocycles. The summed E-state index contributed by atoms with van der Waals surface area (Å²) in [4.78, 5) is 9.46. The molecule has 404 valence electrons. The summed E-state index contributed by atoms with van der Waals surface area (Å²) in [5.41, 5.74) is 16.2. The fourth-order valence-corrected chi connectivity index (χ4v) is 18.0. The normalized spacial score (nSPS) is 19.0. The van der Waals surface area contributed by atoms with Crippen LogP contribution in [-0.4, -0.2) is 33.0 Å². The first kappa shape index (κ1) is 56.2. The number of benzene rings is 5. The maximum atomic E-state index is 12.4. The van der Waals surface area contributed by atoms with Gasteiger partial charge in [0.15, 0.2) is 0 Å². The van der Waals surface area contributed by atoms with E-state index >= 15 is 0 Å². The Kier molecular flexibility index (Phi) is 17.5. The van der Waals surface area contributed by atoms with E-state index in [1.165, 1.54) is 113 Å². The first-order chi connectivity index (χ1) is 37.7. The van der Waals surface area contributed by atoms with Crippen LogP contribution in [0.3, 0.4) is 0 Å². The van der Waals surface area contributed by atoms with Crippen LogP contribution in [0.5, 0.6) is 0 Å². The fourth-order valence-electron chi connectivity index (χ4n) is 11.4. The van der Waals surface area contributed by atoms with Crippen LogP contribution in [0.2, 0.25) is 0 Å². The van der Waals surface area contributed by atoms with Gasteiger partial charge in [0, 0.05) is 68.5 Å². The van der Waals surface area contributed by atoms with Crippen LogP contribution < -0.4 is 18.9 Å². The lowest BCUT2D eigenvalue weighted by Gasteiger charge is -2.31. The summed E-state index contributed by atoms with van der Waals surface area (Å²) < 4.78 is 32.1.